The molecule has 0 saturated heterocycles. The second kappa shape index (κ2) is 10.7. The molecule has 7 nitrogen and oxygen atoms in total. The first-order valence-corrected chi connectivity index (χ1v) is 12.5. The zero-order chi connectivity index (χ0) is 26.8. The minimum atomic E-state index is -1.58. The average molecular weight is 499 g/mol. The van der Waals surface area contributed by atoms with Crippen LogP contribution in [0.25, 0.3) is 0 Å². The molecule has 2 N–H and O–H groups in total. The Morgan fingerprint density at radius 3 is 2.33 bits per heavy atom. The number of aliphatic hydroxyl groups excluding tert-OH is 1. The molecule has 1 aromatic carbocycles. The van der Waals surface area contributed by atoms with Gasteiger partial charge in [-0.1, -0.05) is 50.3 Å². The van der Waals surface area contributed by atoms with E-state index in [4.69, 9.17) is 9.47 Å². The zero-order valence-corrected chi connectivity index (χ0v) is 21.9. The van der Waals surface area contributed by atoms with Crippen LogP contribution >= 0.6 is 0 Å². The van der Waals surface area contributed by atoms with Crippen molar-refractivity contribution >= 4 is 17.7 Å². The molecule has 0 heterocycles. The lowest BCUT2D eigenvalue weighted by molar-refractivity contribution is -0.173. The highest BCUT2D eigenvalue weighted by molar-refractivity contribution is 5.89. The van der Waals surface area contributed by atoms with Gasteiger partial charge >= 0.3 is 11.9 Å². The van der Waals surface area contributed by atoms with Crippen LogP contribution in [0, 0.1) is 23.2 Å². The highest BCUT2D eigenvalue weighted by atomic mass is 16.6. The molecule has 2 aliphatic carbocycles. The van der Waals surface area contributed by atoms with Gasteiger partial charge in [0.1, 0.15) is 23.6 Å². The molecule has 0 amide bonds. The van der Waals surface area contributed by atoms with Crippen LogP contribution in [0.5, 0.6) is 0 Å². The largest absolute Gasteiger partial charge is 0.459 e. The monoisotopic (exact) mass is 498 g/mol. The zero-order valence-electron chi connectivity index (χ0n) is 21.9. The lowest BCUT2D eigenvalue weighted by Crippen LogP contribution is -2.52. The number of fused-ring (bicyclic) bond motifs is 1. The van der Waals surface area contributed by atoms with Gasteiger partial charge in [-0.25, -0.2) is 4.79 Å². The quantitative estimate of drug-likeness (QED) is 0.478. The van der Waals surface area contributed by atoms with Crippen molar-refractivity contribution in [3.05, 3.63) is 59.7 Å². The first-order chi connectivity index (χ1) is 16.8. The topological polar surface area (TPSA) is 110 Å². The van der Waals surface area contributed by atoms with Crippen molar-refractivity contribution in [2.45, 2.75) is 78.3 Å². The lowest BCUT2D eigenvalue weighted by atomic mass is 9.75. The Hall–Kier alpha value is -2.77. The van der Waals surface area contributed by atoms with E-state index in [1.165, 1.54) is 6.92 Å². The Balaban J connectivity index is 2.11. The van der Waals surface area contributed by atoms with Gasteiger partial charge in [0.25, 0.3) is 0 Å². The molecule has 36 heavy (non-hydrogen) atoms. The summed E-state index contributed by atoms with van der Waals surface area (Å²) >= 11 is 0. The molecular weight excluding hydrogens is 460 g/mol. The van der Waals surface area contributed by atoms with Crippen molar-refractivity contribution in [3.8, 4) is 0 Å². The maximum absolute atomic E-state index is 13.0. The molecule has 0 aliphatic heterocycles. The number of allylic oxidation sites excluding steroid dienone is 1. The van der Waals surface area contributed by atoms with E-state index in [-0.39, 0.29) is 24.5 Å². The Labute approximate surface area is 213 Å². The van der Waals surface area contributed by atoms with Crippen LogP contribution < -0.4 is 0 Å². The van der Waals surface area contributed by atoms with Gasteiger partial charge in [0.05, 0.1) is 11.7 Å². The van der Waals surface area contributed by atoms with Crippen LogP contribution in [-0.4, -0.2) is 51.8 Å². The molecular formula is C29H38O7. The molecule has 1 fully saturated rings. The molecule has 0 bridgehead atoms. The SMILES string of the molecule is CC(=O)O[C@@H]1[C@@H](C)/C=C/C(C)(C)C(=O)C[C@@H](O)/C(C)=C/[C@H]2[C@@H](OC(=O)c3ccccc3)[C@H](C)C[C@]12O. The predicted octanol–water partition coefficient (Wildman–Crippen LogP) is 4.03. The van der Waals surface area contributed by atoms with Crippen LogP contribution in [0.3, 0.4) is 0 Å². The molecule has 3 rings (SSSR count). The molecule has 196 valence electrons. The highest BCUT2D eigenvalue weighted by Gasteiger charge is 2.58. The van der Waals surface area contributed by atoms with Crippen LogP contribution in [0.2, 0.25) is 0 Å². The molecule has 2 aliphatic rings. The van der Waals surface area contributed by atoms with E-state index in [1.54, 1.807) is 69.3 Å². The second-order valence-corrected chi connectivity index (χ2v) is 11.0. The summed E-state index contributed by atoms with van der Waals surface area (Å²) in [5.41, 5.74) is -1.56. The number of esters is 2. The normalized spacial score (nSPS) is 36.9. The molecule has 1 saturated carbocycles. The van der Waals surface area contributed by atoms with Crippen molar-refractivity contribution < 1.29 is 34.1 Å². The highest BCUT2D eigenvalue weighted by Crippen LogP contribution is 2.48. The second-order valence-electron chi connectivity index (χ2n) is 11.0. The van der Waals surface area contributed by atoms with E-state index < -0.39 is 53.1 Å². The van der Waals surface area contributed by atoms with Crippen molar-refractivity contribution in [1.29, 1.82) is 0 Å². The van der Waals surface area contributed by atoms with E-state index in [1.807, 2.05) is 13.8 Å². The van der Waals surface area contributed by atoms with Crippen molar-refractivity contribution in [3.63, 3.8) is 0 Å². The Kier molecular flexibility index (Phi) is 8.26. The van der Waals surface area contributed by atoms with Crippen molar-refractivity contribution in [1.82, 2.24) is 0 Å². The number of carbonyl (C=O) groups is 3. The van der Waals surface area contributed by atoms with E-state index in [0.717, 1.165) is 0 Å². The van der Waals surface area contributed by atoms with Crippen LogP contribution in [0.15, 0.2) is 54.1 Å². The van der Waals surface area contributed by atoms with E-state index in [9.17, 15) is 24.6 Å². The van der Waals surface area contributed by atoms with Crippen molar-refractivity contribution in [2.75, 3.05) is 0 Å². The van der Waals surface area contributed by atoms with Crippen LogP contribution in [0.1, 0.15) is 64.7 Å². The number of rotatable bonds is 3. The third-order valence-corrected chi connectivity index (χ3v) is 7.54. The third kappa shape index (κ3) is 5.79. The molecule has 0 spiro atoms. The van der Waals surface area contributed by atoms with E-state index >= 15 is 0 Å². The summed E-state index contributed by atoms with van der Waals surface area (Å²) in [4.78, 5) is 38.0. The summed E-state index contributed by atoms with van der Waals surface area (Å²) in [5.74, 6) is -2.71. The van der Waals surface area contributed by atoms with Crippen LogP contribution in [-0.2, 0) is 19.1 Å². The number of Topliss-reactive ketones (excluding diaryl/α,β-unsaturated/α-hetero) is 1. The smallest absolute Gasteiger partial charge is 0.338 e. The Morgan fingerprint density at radius 2 is 1.72 bits per heavy atom. The van der Waals surface area contributed by atoms with Gasteiger partial charge in [0.2, 0.25) is 0 Å². The minimum absolute atomic E-state index is 0.0867. The lowest BCUT2D eigenvalue weighted by Gasteiger charge is -2.40. The van der Waals surface area contributed by atoms with E-state index in [0.29, 0.717) is 11.1 Å². The van der Waals surface area contributed by atoms with Gasteiger partial charge in [-0.2, -0.15) is 0 Å². The van der Waals surface area contributed by atoms with Crippen LogP contribution in [0.4, 0.5) is 0 Å². The van der Waals surface area contributed by atoms with Gasteiger partial charge in [-0.15, -0.1) is 0 Å². The van der Waals surface area contributed by atoms with Gasteiger partial charge in [0.15, 0.2) is 0 Å². The summed E-state index contributed by atoms with van der Waals surface area (Å²) in [5, 5.41) is 23.0. The number of ether oxygens (including phenoxy) is 2. The molecule has 7 heteroatoms. The molecule has 0 radical (unpaired) electrons. The summed E-state index contributed by atoms with van der Waals surface area (Å²) in [6.45, 7) is 10.2. The Bertz CT molecular complexity index is 1040. The number of hydrogen-bond acceptors (Lipinski definition) is 7. The maximum Gasteiger partial charge on any atom is 0.338 e. The minimum Gasteiger partial charge on any atom is -0.459 e. The van der Waals surface area contributed by atoms with Gasteiger partial charge in [-0.3, -0.25) is 9.59 Å². The summed E-state index contributed by atoms with van der Waals surface area (Å²) in [6.07, 6.45) is 2.55. The first kappa shape index (κ1) is 27.8. The summed E-state index contributed by atoms with van der Waals surface area (Å²) < 4.78 is 11.7. The number of aliphatic hydroxyl groups is 2. The number of hydrogen-bond donors (Lipinski definition) is 2. The third-order valence-electron chi connectivity index (χ3n) is 7.54. The number of carbonyl (C=O) groups excluding carboxylic acids is 3. The summed E-state index contributed by atoms with van der Waals surface area (Å²) in [6, 6.07) is 8.59. The fourth-order valence-electron chi connectivity index (χ4n) is 5.33. The van der Waals surface area contributed by atoms with Crippen molar-refractivity contribution in [2.24, 2.45) is 23.2 Å². The first-order valence-electron chi connectivity index (χ1n) is 12.5. The standard InChI is InChI=1S/C29H38O7/c1-17-12-13-28(5,6)24(32)15-23(31)18(2)14-22-25(36-27(33)21-10-8-7-9-11-21)19(3)16-29(22,34)26(17)35-20(4)30/h7-14,17,19,22-23,25-26,31,34H,15-16H2,1-6H3/b13-12+,18-14+/t17-,19+,22-,23+,25-,26+,29+/m0/s1. The van der Waals surface area contributed by atoms with Gasteiger partial charge in [0, 0.05) is 30.6 Å². The molecule has 0 unspecified atom stereocenters. The fraction of sp³-hybridized carbons (Fsp3) is 0.552. The summed E-state index contributed by atoms with van der Waals surface area (Å²) in [7, 11) is 0. The number of ketones is 1. The van der Waals surface area contributed by atoms with Gasteiger partial charge < -0.3 is 19.7 Å². The van der Waals surface area contributed by atoms with Gasteiger partial charge in [-0.05, 0) is 50.8 Å². The fourth-order valence-corrected chi connectivity index (χ4v) is 5.33. The predicted molar refractivity (Wildman–Crippen MR) is 135 cm³/mol. The molecule has 7 atom stereocenters. The molecule has 1 aromatic rings. The maximum atomic E-state index is 13.0. The van der Waals surface area contributed by atoms with E-state index in [2.05, 4.69) is 0 Å². The average Bonchev–Trinajstić information content (AvgIpc) is 3.05. The molecule has 0 aromatic heterocycles. The Morgan fingerprint density at radius 1 is 1.08 bits per heavy atom. The number of benzene rings is 1.